The second kappa shape index (κ2) is 4.88. The highest BCUT2D eigenvalue weighted by Gasteiger charge is 2.40. The van der Waals surface area contributed by atoms with Crippen LogP contribution >= 0.6 is 15.9 Å². The summed E-state index contributed by atoms with van der Waals surface area (Å²) in [6.07, 6.45) is 4.18. The lowest BCUT2D eigenvalue weighted by Gasteiger charge is -2.19. The zero-order valence-electron chi connectivity index (χ0n) is 10.7. The van der Waals surface area contributed by atoms with E-state index in [9.17, 15) is 4.79 Å². The number of ether oxygens (including phenoxy) is 1. The highest BCUT2D eigenvalue weighted by Crippen LogP contribution is 2.41. The molecule has 1 unspecified atom stereocenters. The van der Waals surface area contributed by atoms with Crippen molar-refractivity contribution in [2.45, 2.75) is 44.8 Å². The number of nitrogens with zero attached hydrogens (tertiary/aromatic N) is 1. The monoisotopic (exact) mass is 312 g/mol. The number of alkyl carbamates (subject to hydrolysis) is 1. The molecule has 1 heterocycles. The zero-order chi connectivity index (χ0) is 13.3. The molecule has 0 spiro atoms. The van der Waals surface area contributed by atoms with Gasteiger partial charge in [-0.15, -0.1) is 0 Å². The van der Waals surface area contributed by atoms with E-state index in [0.29, 0.717) is 5.92 Å². The van der Waals surface area contributed by atoms with Gasteiger partial charge in [-0.05, 0) is 54.8 Å². The van der Waals surface area contributed by atoms with Crippen LogP contribution in [0, 0.1) is 0 Å². The van der Waals surface area contributed by atoms with E-state index < -0.39 is 5.60 Å². The Balaban J connectivity index is 1.87. The van der Waals surface area contributed by atoms with Gasteiger partial charge in [0, 0.05) is 28.8 Å². The average molecular weight is 313 g/mol. The fourth-order valence-corrected chi connectivity index (χ4v) is 2.20. The molecule has 0 aliphatic heterocycles. The topological polar surface area (TPSA) is 51.2 Å². The number of pyridine rings is 1. The van der Waals surface area contributed by atoms with Gasteiger partial charge in [-0.2, -0.15) is 0 Å². The first-order valence-electron chi connectivity index (χ1n) is 5.95. The Morgan fingerprint density at radius 3 is 2.83 bits per heavy atom. The van der Waals surface area contributed by atoms with Gasteiger partial charge in [0.25, 0.3) is 0 Å². The molecule has 1 saturated carbocycles. The molecule has 0 bridgehead atoms. The second-order valence-corrected chi connectivity index (χ2v) is 6.45. The highest BCUT2D eigenvalue weighted by atomic mass is 79.9. The summed E-state index contributed by atoms with van der Waals surface area (Å²) >= 11 is 3.39. The van der Waals surface area contributed by atoms with E-state index in [2.05, 4.69) is 26.2 Å². The lowest BCUT2D eigenvalue weighted by molar-refractivity contribution is 0.0523. The summed E-state index contributed by atoms with van der Waals surface area (Å²) in [6.45, 7) is 5.57. The van der Waals surface area contributed by atoms with Gasteiger partial charge in [0.05, 0.1) is 0 Å². The summed E-state index contributed by atoms with van der Waals surface area (Å²) in [5.41, 5.74) is 0.691. The van der Waals surface area contributed by atoms with E-state index in [4.69, 9.17) is 4.74 Å². The smallest absolute Gasteiger partial charge is 0.407 e. The van der Waals surface area contributed by atoms with Crippen molar-refractivity contribution in [3.05, 3.63) is 28.5 Å². The predicted molar refractivity (Wildman–Crippen MR) is 72.5 cm³/mol. The molecule has 1 aromatic heterocycles. The Kier molecular flexibility index (Phi) is 3.61. The first-order chi connectivity index (χ1) is 8.35. The van der Waals surface area contributed by atoms with Gasteiger partial charge in [0.15, 0.2) is 0 Å². The molecule has 4 nitrogen and oxygen atoms in total. The number of rotatable bonds is 2. The summed E-state index contributed by atoms with van der Waals surface area (Å²) in [4.78, 5) is 15.7. The van der Waals surface area contributed by atoms with Crippen molar-refractivity contribution >= 4 is 22.0 Å². The van der Waals surface area contributed by atoms with E-state index in [1.165, 1.54) is 0 Å². The van der Waals surface area contributed by atoms with E-state index in [1.54, 1.807) is 6.20 Å². The normalized spacial score (nSPS) is 22.4. The van der Waals surface area contributed by atoms with Crippen LogP contribution in [0.3, 0.4) is 0 Å². The maximum Gasteiger partial charge on any atom is 0.407 e. The molecule has 5 heteroatoms. The molecule has 1 amide bonds. The van der Waals surface area contributed by atoms with Gasteiger partial charge < -0.3 is 10.1 Å². The minimum absolute atomic E-state index is 0.163. The van der Waals surface area contributed by atoms with Gasteiger partial charge in [-0.25, -0.2) is 4.79 Å². The summed E-state index contributed by atoms with van der Waals surface area (Å²) in [5.74, 6) is 0.350. The lowest BCUT2D eigenvalue weighted by Crippen LogP contribution is -2.34. The van der Waals surface area contributed by atoms with Crippen LogP contribution in [0.2, 0.25) is 0 Å². The second-order valence-electron chi connectivity index (χ2n) is 5.53. The largest absolute Gasteiger partial charge is 0.444 e. The van der Waals surface area contributed by atoms with Crippen LogP contribution in [0.5, 0.6) is 0 Å². The number of aromatic nitrogens is 1. The predicted octanol–water partition coefficient (Wildman–Crippen LogP) is 3.22. The number of hydrogen-bond acceptors (Lipinski definition) is 3. The summed E-state index contributed by atoms with van der Waals surface area (Å²) < 4.78 is 6.18. The number of carbonyl (C=O) groups is 1. The molecular weight excluding hydrogens is 296 g/mol. The van der Waals surface area contributed by atoms with Crippen LogP contribution in [-0.2, 0) is 4.74 Å². The number of carbonyl (C=O) groups excluding carboxylic acids is 1. The van der Waals surface area contributed by atoms with Crippen LogP contribution < -0.4 is 5.32 Å². The fraction of sp³-hybridized carbons (Fsp3) is 0.538. The Morgan fingerprint density at radius 2 is 2.22 bits per heavy atom. The number of amides is 1. The summed E-state index contributed by atoms with van der Waals surface area (Å²) in [5, 5.41) is 2.87. The molecule has 1 aliphatic rings. The lowest BCUT2D eigenvalue weighted by atomic mass is 10.2. The minimum Gasteiger partial charge on any atom is -0.444 e. The van der Waals surface area contributed by atoms with Crippen LogP contribution in [-0.4, -0.2) is 22.7 Å². The molecular formula is C13H17BrN2O2. The van der Waals surface area contributed by atoms with Crippen molar-refractivity contribution in [3.8, 4) is 0 Å². The Hall–Kier alpha value is -1.10. The number of nitrogens with one attached hydrogen (secondary N) is 1. The molecule has 2 rings (SSSR count). The Labute approximate surface area is 115 Å². The molecule has 18 heavy (non-hydrogen) atoms. The molecule has 0 saturated heterocycles. The van der Waals surface area contributed by atoms with Crippen molar-refractivity contribution in [2.75, 3.05) is 0 Å². The van der Waals surface area contributed by atoms with Crippen LogP contribution in [0.15, 0.2) is 22.9 Å². The summed E-state index contributed by atoms with van der Waals surface area (Å²) in [6, 6.07) is 2.20. The zero-order valence-corrected chi connectivity index (χ0v) is 12.3. The minimum atomic E-state index is -0.453. The molecule has 98 valence electrons. The van der Waals surface area contributed by atoms with Crippen LogP contribution in [0.4, 0.5) is 4.79 Å². The number of hydrogen-bond donors (Lipinski definition) is 1. The SMILES string of the molecule is CC(C)(C)OC(=O)N[C@@H]1CC1c1cncc(Br)c1. The van der Waals surface area contributed by atoms with Gasteiger partial charge in [0.2, 0.25) is 0 Å². The quantitative estimate of drug-likeness (QED) is 0.912. The Morgan fingerprint density at radius 1 is 1.50 bits per heavy atom. The standard InChI is InChI=1S/C13H17BrN2O2/c1-13(2,3)18-12(17)16-11-5-10(11)8-4-9(14)7-15-6-8/h4,6-7,10-11H,5H2,1-3H3,(H,16,17)/t10?,11-/m1/s1. The fourth-order valence-electron chi connectivity index (χ4n) is 1.81. The average Bonchev–Trinajstić information content (AvgIpc) is 2.93. The highest BCUT2D eigenvalue weighted by molar-refractivity contribution is 9.10. The van der Waals surface area contributed by atoms with Crippen molar-refractivity contribution in [3.63, 3.8) is 0 Å². The van der Waals surface area contributed by atoms with Gasteiger partial charge in [-0.3, -0.25) is 4.98 Å². The first kappa shape index (κ1) is 13.3. The van der Waals surface area contributed by atoms with Gasteiger partial charge >= 0.3 is 6.09 Å². The molecule has 1 aliphatic carbocycles. The van der Waals surface area contributed by atoms with Crippen molar-refractivity contribution < 1.29 is 9.53 Å². The third kappa shape index (κ3) is 3.70. The molecule has 0 radical (unpaired) electrons. The van der Waals surface area contributed by atoms with E-state index in [0.717, 1.165) is 16.5 Å². The van der Waals surface area contributed by atoms with E-state index >= 15 is 0 Å². The third-order valence-electron chi connectivity index (χ3n) is 2.65. The van der Waals surface area contributed by atoms with Crippen molar-refractivity contribution in [1.29, 1.82) is 0 Å². The van der Waals surface area contributed by atoms with Crippen molar-refractivity contribution in [1.82, 2.24) is 10.3 Å². The van der Waals surface area contributed by atoms with Gasteiger partial charge in [-0.1, -0.05) is 0 Å². The van der Waals surface area contributed by atoms with Crippen molar-refractivity contribution in [2.24, 2.45) is 0 Å². The molecule has 2 atom stereocenters. The maximum absolute atomic E-state index is 11.6. The molecule has 1 aromatic rings. The first-order valence-corrected chi connectivity index (χ1v) is 6.74. The molecule has 1 fully saturated rings. The summed E-state index contributed by atoms with van der Waals surface area (Å²) in [7, 11) is 0. The van der Waals surface area contributed by atoms with Crippen LogP contribution in [0.25, 0.3) is 0 Å². The molecule has 1 N–H and O–H groups in total. The third-order valence-corrected chi connectivity index (χ3v) is 3.08. The maximum atomic E-state index is 11.6. The Bertz CT molecular complexity index is 457. The van der Waals surface area contributed by atoms with Crippen LogP contribution in [0.1, 0.15) is 38.7 Å². The number of halogens is 1. The van der Waals surface area contributed by atoms with Gasteiger partial charge in [0.1, 0.15) is 5.60 Å². The van der Waals surface area contributed by atoms with E-state index in [-0.39, 0.29) is 12.1 Å². The molecule has 0 aromatic carbocycles. The van der Waals surface area contributed by atoms with E-state index in [1.807, 2.05) is 33.0 Å².